The first-order valence-corrected chi connectivity index (χ1v) is 5.58. The highest BCUT2D eigenvalue weighted by molar-refractivity contribution is 5.46. The van der Waals surface area contributed by atoms with Gasteiger partial charge in [0.25, 0.3) is 5.79 Å². The highest BCUT2D eigenvalue weighted by atomic mass is 16.7. The van der Waals surface area contributed by atoms with Crippen LogP contribution in [-0.2, 0) is 11.4 Å². The topological polar surface area (TPSA) is 39.7 Å². The van der Waals surface area contributed by atoms with Gasteiger partial charge in [-0.25, -0.2) is 0 Å². The van der Waals surface area contributed by atoms with E-state index in [0.29, 0.717) is 6.54 Å². The van der Waals surface area contributed by atoms with Crippen LogP contribution in [-0.4, -0.2) is 12.9 Å². The Kier molecular flexibility index (Phi) is 2.26. The molecule has 0 unspecified atom stereocenters. The van der Waals surface area contributed by atoms with Crippen molar-refractivity contribution in [2.45, 2.75) is 31.6 Å². The molecule has 0 atom stereocenters. The highest BCUT2D eigenvalue weighted by Crippen LogP contribution is 2.48. The molecule has 4 heteroatoms. The predicted octanol–water partition coefficient (Wildman–Crippen LogP) is 1.99. The lowest BCUT2D eigenvalue weighted by atomic mass is 9.91. The second kappa shape index (κ2) is 3.64. The van der Waals surface area contributed by atoms with E-state index in [0.717, 1.165) is 29.9 Å². The van der Waals surface area contributed by atoms with E-state index in [4.69, 9.17) is 14.3 Å². The number of hydroxylamine groups is 1. The van der Waals surface area contributed by atoms with Crippen LogP contribution in [0.5, 0.6) is 11.5 Å². The van der Waals surface area contributed by atoms with Crippen LogP contribution >= 0.6 is 0 Å². The summed E-state index contributed by atoms with van der Waals surface area (Å²) >= 11 is 0. The smallest absolute Gasteiger partial charge is 0.251 e. The van der Waals surface area contributed by atoms with Gasteiger partial charge in [0.1, 0.15) is 0 Å². The van der Waals surface area contributed by atoms with Gasteiger partial charge in [-0.05, 0) is 24.1 Å². The van der Waals surface area contributed by atoms with Crippen molar-refractivity contribution in [1.29, 1.82) is 0 Å². The minimum absolute atomic E-state index is 0.338. The quantitative estimate of drug-likeness (QED) is 0.792. The molecule has 1 fully saturated rings. The van der Waals surface area contributed by atoms with Crippen molar-refractivity contribution in [3.05, 3.63) is 23.8 Å². The average molecular weight is 221 g/mol. The van der Waals surface area contributed by atoms with E-state index < -0.39 is 0 Å². The summed E-state index contributed by atoms with van der Waals surface area (Å²) in [5.74, 6) is 1.38. The Balaban J connectivity index is 1.77. The summed E-state index contributed by atoms with van der Waals surface area (Å²) in [6.45, 7) is 0.667. The maximum atomic E-state index is 5.86. The molecular formula is C12H15NO3. The molecule has 0 bridgehead atoms. The maximum Gasteiger partial charge on any atom is 0.251 e. The molecule has 2 aliphatic rings. The lowest BCUT2D eigenvalue weighted by Crippen LogP contribution is -2.45. The third-order valence-electron chi connectivity index (χ3n) is 3.14. The van der Waals surface area contributed by atoms with E-state index in [1.165, 1.54) is 6.42 Å². The summed E-state index contributed by atoms with van der Waals surface area (Å²) in [6.07, 6.45) is 3.17. The zero-order chi connectivity index (χ0) is 11.0. The van der Waals surface area contributed by atoms with Crippen molar-refractivity contribution in [1.82, 2.24) is 5.48 Å². The summed E-state index contributed by atoms with van der Waals surface area (Å²) in [5.41, 5.74) is 3.93. The largest absolute Gasteiger partial charge is 0.448 e. The van der Waals surface area contributed by atoms with Gasteiger partial charge in [0.2, 0.25) is 0 Å². The lowest BCUT2D eigenvalue weighted by molar-refractivity contribution is -0.138. The van der Waals surface area contributed by atoms with E-state index in [2.05, 4.69) is 5.48 Å². The third-order valence-corrected chi connectivity index (χ3v) is 3.14. The Morgan fingerprint density at radius 2 is 2.12 bits per heavy atom. The fourth-order valence-corrected chi connectivity index (χ4v) is 2.07. The summed E-state index contributed by atoms with van der Waals surface area (Å²) in [6, 6.07) is 6.00. The number of rotatable bonds is 3. The summed E-state index contributed by atoms with van der Waals surface area (Å²) in [4.78, 5) is 4.82. The first-order chi connectivity index (χ1) is 7.81. The molecule has 1 aliphatic heterocycles. The molecule has 4 nitrogen and oxygen atoms in total. The SMILES string of the molecule is CONCc1ccc2c(c1)OC1(CCC1)O2. The van der Waals surface area contributed by atoms with E-state index in [9.17, 15) is 0 Å². The number of hydrogen-bond acceptors (Lipinski definition) is 4. The van der Waals surface area contributed by atoms with Crippen LogP contribution in [0.3, 0.4) is 0 Å². The van der Waals surface area contributed by atoms with E-state index in [-0.39, 0.29) is 5.79 Å². The first-order valence-electron chi connectivity index (χ1n) is 5.58. The molecule has 1 aliphatic carbocycles. The molecule has 0 saturated heterocycles. The van der Waals surface area contributed by atoms with Gasteiger partial charge in [-0.2, -0.15) is 5.48 Å². The van der Waals surface area contributed by atoms with Crippen molar-refractivity contribution >= 4 is 0 Å². The van der Waals surface area contributed by atoms with Crippen LogP contribution in [0.4, 0.5) is 0 Å². The molecule has 3 rings (SSSR count). The Labute approximate surface area is 94.5 Å². The van der Waals surface area contributed by atoms with Gasteiger partial charge >= 0.3 is 0 Å². The molecule has 16 heavy (non-hydrogen) atoms. The number of benzene rings is 1. The molecule has 1 heterocycles. The number of nitrogens with one attached hydrogen (secondary N) is 1. The van der Waals surface area contributed by atoms with E-state index >= 15 is 0 Å². The van der Waals surface area contributed by atoms with Crippen molar-refractivity contribution in [2.75, 3.05) is 7.11 Å². The second-order valence-corrected chi connectivity index (χ2v) is 4.27. The minimum Gasteiger partial charge on any atom is -0.448 e. The molecule has 1 N–H and O–H groups in total. The maximum absolute atomic E-state index is 5.86. The van der Waals surface area contributed by atoms with E-state index in [1.807, 2.05) is 18.2 Å². The Morgan fingerprint density at radius 3 is 2.81 bits per heavy atom. The number of fused-ring (bicyclic) bond motifs is 1. The normalized spacial score (nSPS) is 19.8. The zero-order valence-corrected chi connectivity index (χ0v) is 9.29. The van der Waals surface area contributed by atoms with Gasteiger partial charge in [-0.1, -0.05) is 6.07 Å². The molecule has 1 aromatic carbocycles. The fourth-order valence-electron chi connectivity index (χ4n) is 2.07. The van der Waals surface area contributed by atoms with Gasteiger partial charge < -0.3 is 14.3 Å². The molecule has 86 valence electrons. The Morgan fingerprint density at radius 1 is 1.31 bits per heavy atom. The van der Waals surface area contributed by atoms with Gasteiger partial charge in [0.15, 0.2) is 11.5 Å². The average Bonchev–Trinajstić information content (AvgIpc) is 2.64. The second-order valence-electron chi connectivity index (χ2n) is 4.27. The van der Waals surface area contributed by atoms with Crippen LogP contribution < -0.4 is 15.0 Å². The predicted molar refractivity (Wildman–Crippen MR) is 58.1 cm³/mol. The van der Waals surface area contributed by atoms with Gasteiger partial charge in [-0.3, -0.25) is 0 Å². The molecule has 1 aromatic rings. The van der Waals surface area contributed by atoms with Gasteiger partial charge in [0, 0.05) is 19.4 Å². The number of hydrogen-bond donors (Lipinski definition) is 1. The minimum atomic E-state index is -0.338. The van der Waals surface area contributed by atoms with Crippen molar-refractivity contribution in [2.24, 2.45) is 0 Å². The third kappa shape index (κ3) is 1.54. The van der Waals surface area contributed by atoms with Crippen LogP contribution in [0.2, 0.25) is 0 Å². The number of ether oxygens (including phenoxy) is 2. The van der Waals surface area contributed by atoms with Crippen molar-refractivity contribution < 1.29 is 14.3 Å². The monoisotopic (exact) mass is 221 g/mol. The first kappa shape index (κ1) is 9.93. The standard InChI is InChI=1S/C12H15NO3/c1-14-13-8-9-3-4-10-11(7-9)16-12(15-10)5-2-6-12/h3-4,7,13H,2,5-6,8H2,1H3. The highest BCUT2D eigenvalue weighted by Gasteiger charge is 2.47. The molecule has 0 aromatic heterocycles. The Bertz CT molecular complexity index is 401. The molecular weight excluding hydrogens is 206 g/mol. The van der Waals surface area contributed by atoms with Crippen LogP contribution in [0.15, 0.2) is 18.2 Å². The van der Waals surface area contributed by atoms with Gasteiger partial charge in [0.05, 0.1) is 7.11 Å². The van der Waals surface area contributed by atoms with Crippen molar-refractivity contribution in [3.63, 3.8) is 0 Å². The zero-order valence-electron chi connectivity index (χ0n) is 9.29. The van der Waals surface area contributed by atoms with E-state index in [1.54, 1.807) is 7.11 Å². The molecule has 0 amide bonds. The molecule has 1 saturated carbocycles. The molecule has 1 spiro atoms. The van der Waals surface area contributed by atoms with Crippen molar-refractivity contribution in [3.8, 4) is 11.5 Å². The fraction of sp³-hybridized carbons (Fsp3) is 0.500. The Hall–Kier alpha value is -1.26. The lowest BCUT2D eigenvalue weighted by Gasteiger charge is -2.35. The van der Waals surface area contributed by atoms with Gasteiger partial charge in [-0.15, -0.1) is 0 Å². The summed E-state index contributed by atoms with van der Waals surface area (Å²) < 4.78 is 11.7. The summed E-state index contributed by atoms with van der Waals surface area (Å²) in [5, 5.41) is 0. The van der Waals surface area contributed by atoms with Crippen LogP contribution in [0.25, 0.3) is 0 Å². The van der Waals surface area contributed by atoms with Crippen LogP contribution in [0, 0.1) is 0 Å². The van der Waals surface area contributed by atoms with Crippen LogP contribution in [0.1, 0.15) is 24.8 Å². The molecule has 0 radical (unpaired) electrons. The summed E-state index contributed by atoms with van der Waals surface area (Å²) in [7, 11) is 1.61.